The van der Waals surface area contributed by atoms with Crippen LogP contribution in [0.25, 0.3) is 0 Å². The molecule has 4 nitrogen and oxygen atoms in total. The predicted octanol–water partition coefficient (Wildman–Crippen LogP) is 1.30. The molecule has 18 heavy (non-hydrogen) atoms. The van der Waals surface area contributed by atoms with Gasteiger partial charge in [-0.25, -0.2) is 0 Å². The zero-order valence-electron chi connectivity index (χ0n) is 10.3. The van der Waals surface area contributed by atoms with Crippen molar-refractivity contribution < 1.29 is 9.90 Å². The van der Waals surface area contributed by atoms with Crippen LogP contribution in [0.1, 0.15) is 35.2 Å². The molecule has 3 rings (SSSR count). The van der Waals surface area contributed by atoms with Gasteiger partial charge in [-0.2, -0.15) is 0 Å². The maximum atomic E-state index is 12.0. The molecular formula is C14H18N2O2. The van der Waals surface area contributed by atoms with E-state index in [1.807, 2.05) is 18.2 Å². The topological polar surface area (TPSA) is 61.4 Å². The molecule has 0 unspecified atom stereocenters. The highest BCUT2D eigenvalue weighted by Crippen LogP contribution is 2.30. The van der Waals surface area contributed by atoms with E-state index in [2.05, 4.69) is 10.6 Å². The van der Waals surface area contributed by atoms with Crippen LogP contribution < -0.4 is 10.6 Å². The van der Waals surface area contributed by atoms with Crippen LogP contribution in [-0.4, -0.2) is 29.7 Å². The Kier molecular flexibility index (Phi) is 2.74. The molecule has 4 heteroatoms. The summed E-state index contributed by atoms with van der Waals surface area (Å²) in [5, 5.41) is 16.0. The molecule has 3 N–H and O–H groups in total. The molecule has 1 aromatic carbocycles. The highest BCUT2D eigenvalue weighted by atomic mass is 16.3. The fourth-order valence-electron chi connectivity index (χ4n) is 2.55. The maximum absolute atomic E-state index is 12.0. The summed E-state index contributed by atoms with van der Waals surface area (Å²) in [4.78, 5) is 12.0. The molecule has 2 aliphatic rings. The second-order valence-corrected chi connectivity index (χ2v) is 5.31. The van der Waals surface area contributed by atoms with Crippen molar-refractivity contribution in [2.75, 3.05) is 18.4 Å². The number of benzene rings is 1. The number of nitrogens with one attached hydrogen (secondary N) is 2. The molecule has 0 aromatic heterocycles. The maximum Gasteiger partial charge on any atom is 0.251 e. The zero-order valence-corrected chi connectivity index (χ0v) is 10.3. The van der Waals surface area contributed by atoms with E-state index in [-0.39, 0.29) is 5.91 Å². The molecule has 1 saturated carbocycles. The number of hydrogen-bond donors (Lipinski definition) is 3. The summed E-state index contributed by atoms with van der Waals surface area (Å²) in [6.45, 7) is 1.31. The van der Waals surface area contributed by atoms with E-state index in [1.54, 1.807) is 0 Å². The Morgan fingerprint density at radius 1 is 1.44 bits per heavy atom. The second kappa shape index (κ2) is 4.28. The molecule has 0 saturated heterocycles. The van der Waals surface area contributed by atoms with Gasteiger partial charge in [-0.3, -0.25) is 4.79 Å². The van der Waals surface area contributed by atoms with Crippen molar-refractivity contribution in [1.82, 2.24) is 5.32 Å². The molecule has 1 amide bonds. The Bertz CT molecular complexity index is 481. The van der Waals surface area contributed by atoms with Gasteiger partial charge in [-0.15, -0.1) is 0 Å². The highest BCUT2D eigenvalue weighted by molar-refractivity contribution is 5.95. The number of amides is 1. The molecule has 0 spiro atoms. The van der Waals surface area contributed by atoms with E-state index in [1.165, 1.54) is 5.56 Å². The van der Waals surface area contributed by atoms with E-state index >= 15 is 0 Å². The van der Waals surface area contributed by atoms with Crippen molar-refractivity contribution >= 4 is 11.6 Å². The summed E-state index contributed by atoms with van der Waals surface area (Å²) in [6.07, 6.45) is 3.61. The SMILES string of the molecule is O=C(NCC1(O)CCC1)c1ccc2c(c1)CCN2. The third-order valence-corrected chi connectivity index (χ3v) is 3.94. The highest BCUT2D eigenvalue weighted by Gasteiger charge is 2.34. The molecule has 1 aromatic rings. The average Bonchev–Trinajstić information content (AvgIpc) is 2.80. The first kappa shape index (κ1) is 11.5. The number of carbonyl (C=O) groups excluding carboxylic acids is 1. The van der Waals surface area contributed by atoms with Gasteiger partial charge in [0.25, 0.3) is 5.91 Å². The second-order valence-electron chi connectivity index (χ2n) is 5.31. The van der Waals surface area contributed by atoms with Crippen LogP contribution in [0, 0.1) is 0 Å². The molecule has 0 bridgehead atoms. The van der Waals surface area contributed by atoms with Crippen LogP contribution in [0.2, 0.25) is 0 Å². The van der Waals surface area contributed by atoms with Crippen molar-refractivity contribution in [3.63, 3.8) is 0 Å². The van der Waals surface area contributed by atoms with Crippen molar-refractivity contribution in [3.8, 4) is 0 Å². The molecule has 1 fully saturated rings. The number of carbonyl (C=O) groups is 1. The summed E-state index contributed by atoms with van der Waals surface area (Å²) in [6, 6.07) is 5.72. The fourth-order valence-corrected chi connectivity index (χ4v) is 2.55. The van der Waals surface area contributed by atoms with Crippen LogP contribution in [0.4, 0.5) is 5.69 Å². The van der Waals surface area contributed by atoms with Gasteiger partial charge in [0.05, 0.1) is 5.60 Å². The first-order valence-corrected chi connectivity index (χ1v) is 6.54. The first-order chi connectivity index (χ1) is 8.66. The molecule has 1 aliphatic heterocycles. The van der Waals surface area contributed by atoms with Crippen molar-refractivity contribution in [1.29, 1.82) is 0 Å². The lowest BCUT2D eigenvalue weighted by atomic mass is 9.80. The van der Waals surface area contributed by atoms with Crippen LogP contribution >= 0.6 is 0 Å². The largest absolute Gasteiger partial charge is 0.388 e. The summed E-state index contributed by atoms with van der Waals surface area (Å²) < 4.78 is 0. The normalized spacial score (nSPS) is 19.6. The minimum Gasteiger partial charge on any atom is -0.388 e. The minimum absolute atomic E-state index is 0.0926. The summed E-state index contributed by atoms with van der Waals surface area (Å²) in [7, 11) is 0. The fraction of sp³-hybridized carbons (Fsp3) is 0.500. The van der Waals surface area contributed by atoms with Crippen molar-refractivity contribution in [2.24, 2.45) is 0 Å². The van der Waals surface area contributed by atoms with Gasteiger partial charge in [0.15, 0.2) is 0 Å². The minimum atomic E-state index is -0.659. The number of fused-ring (bicyclic) bond motifs is 1. The molecule has 96 valence electrons. The lowest BCUT2D eigenvalue weighted by Gasteiger charge is -2.36. The molecule has 0 atom stereocenters. The van der Waals surface area contributed by atoms with E-state index in [0.717, 1.165) is 37.9 Å². The average molecular weight is 246 g/mol. The third-order valence-electron chi connectivity index (χ3n) is 3.94. The Labute approximate surface area is 106 Å². The standard InChI is InChI=1S/C14H18N2O2/c17-13(16-9-14(18)5-1-6-14)11-2-3-12-10(8-11)4-7-15-12/h2-3,8,15,18H,1,4-7,9H2,(H,16,17). The number of aliphatic hydroxyl groups is 1. The number of hydrogen-bond acceptors (Lipinski definition) is 3. The van der Waals surface area contributed by atoms with E-state index in [4.69, 9.17) is 0 Å². The lowest BCUT2D eigenvalue weighted by Crippen LogP contribution is -2.47. The Morgan fingerprint density at radius 3 is 3.00 bits per heavy atom. The summed E-state index contributed by atoms with van der Waals surface area (Å²) in [5.74, 6) is -0.0926. The van der Waals surface area contributed by atoms with Gasteiger partial charge in [0.1, 0.15) is 0 Å². The van der Waals surface area contributed by atoms with Gasteiger partial charge in [0, 0.05) is 24.3 Å². The van der Waals surface area contributed by atoms with Crippen LogP contribution in [0.15, 0.2) is 18.2 Å². The zero-order chi connectivity index (χ0) is 12.6. The molecule has 1 aliphatic carbocycles. The number of anilines is 1. The lowest BCUT2D eigenvalue weighted by molar-refractivity contribution is -0.0300. The Hall–Kier alpha value is -1.55. The number of rotatable bonds is 3. The van der Waals surface area contributed by atoms with Crippen LogP contribution in [0.5, 0.6) is 0 Å². The monoisotopic (exact) mass is 246 g/mol. The summed E-state index contributed by atoms with van der Waals surface area (Å²) >= 11 is 0. The Balaban J connectivity index is 1.65. The van der Waals surface area contributed by atoms with Crippen molar-refractivity contribution in [3.05, 3.63) is 29.3 Å². The van der Waals surface area contributed by atoms with Gasteiger partial charge < -0.3 is 15.7 Å². The molecule has 1 heterocycles. The quantitative estimate of drug-likeness (QED) is 0.753. The van der Waals surface area contributed by atoms with E-state index < -0.39 is 5.60 Å². The van der Waals surface area contributed by atoms with Gasteiger partial charge >= 0.3 is 0 Å². The smallest absolute Gasteiger partial charge is 0.251 e. The van der Waals surface area contributed by atoms with Gasteiger partial charge in [-0.1, -0.05) is 0 Å². The molecular weight excluding hydrogens is 228 g/mol. The van der Waals surface area contributed by atoms with E-state index in [0.29, 0.717) is 12.1 Å². The van der Waals surface area contributed by atoms with E-state index in [9.17, 15) is 9.90 Å². The van der Waals surface area contributed by atoms with Gasteiger partial charge in [0.2, 0.25) is 0 Å². The van der Waals surface area contributed by atoms with Crippen LogP contribution in [0.3, 0.4) is 0 Å². The molecule has 0 radical (unpaired) electrons. The third kappa shape index (κ3) is 2.08. The Morgan fingerprint density at radius 2 is 2.28 bits per heavy atom. The first-order valence-electron chi connectivity index (χ1n) is 6.54. The van der Waals surface area contributed by atoms with Crippen molar-refractivity contribution in [2.45, 2.75) is 31.3 Å². The van der Waals surface area contributed by atoms with Gasteiger partial charge in [-0.05, 0) is 49.4 Å². The van der Waals surface area contributed by atoms with Crippen LogP contribution in [-0.2, 0) is 6.42 Å². The predicted molar refractivity (Wildman–Crippen MR) is 69.8 cm³/mol. The summed E-state index contributed by atoms with van der Waals surface area (Å²) in [5.41, 5.74) is 2.35.